The van der Waals surface area contributed by atoms with E-state index in [2.05, 4.69) is 15.1 Å². The summed E-state index contributed by atoms with van der Waals surface area (Å²) in [5, 5.41) is 21.7. The predicted octanol–water partition coefficient (Wildman–Crippen LogP) is 2.44. The number of nitro groups is 1. The quantitative estimate of drug-likeness (QED) is 0.359. The van der Waals surface area contributed by atoms with Crippen LogP contribution in [0.25, 0.3) is 0 Å². The molecule has 3 heterocycles. The number of carbonyl (C=O) groups is 3. The second-order valence-electron chi connectivity index (χ2n) is 8.81. The summed E-state index contributed by atoms with van der Waals surface area (Å²) >= 11 is 1.63. The first kappa shape index (κ1) is 22.4. The molecule has 0 spiro atoms. The minimum Gasteiger partial charge on any atom is -0.343 e. The second kappa shape index (κ2) is 9.09. The van der Waals surface area contributed by atoms with Crippen molar-refractivity contribution < 1.29 is 19.3 Å². The van der Waals surface area contributed by atoms with E-state index < -0.39 is 16.7 Å². The maximum Gasteiger partial charge on any atom is 0.270 e. The number of nitro benzene ring substituents is 1. The Kier molecular flexibility index (Phi) is 5.98. The van der Waals surface area contributed by atoms with Crippen LogP contribution in [0.5, 0.6) is 0 Å². The molecule has 1 aliphatic carbocycles. The van der Waals surface area contributed by atoms with Gasteiger partial charge in [0.2, 0.25) is 11.0 Å². The van der Waals surface area contributed by atoms with E-state index >= 15 is 0 Å². The molecule has 5 rings (SSSR count). The van der Waals surface area contributed by atoms with E-state index in [-0.39, 0.29) is 29.3 Å². The van der Waals surface area contributed by atoms with E-state index in [4.69, 9.17) is 0 Å². The number of nitrogens with zero attached hydrogens (tertiary/aromatic N) is 6. The number of rotatable bonds is 5. The molecule has 2 aromatic rings. The van der Waals surface area contributed by atoms with Crippen LogP contribution in [-0.4, -0.2) is 75.4 Å². The first-order valence-corrected chi connectivity index (χ1v) is 12.2. The van der Waals surface area contributed by atoms with E-state index in [1.165, 1.54) is 44.2 Å². The molecule has 0 radical (unpaired) electrons. The zero-order valence-corrected chi connectivity index (χ0v) is 19.3. The third-order valence-electron chi connectivity index (χ3n) is 6.75. The highest BCUT2D eigenvalue weighted by atomic mass is 32.1. The number of imide groups is 1. The number of hydrogen-bond acceptors (Lipinski definition) is 9. The Morgan fingerprint density at radius 1 is 1.03 bits per heavy atom. The van der Waals surface area contributed by atoms with Crippen molar-refractivity contribution in [3.63, 3.8) is 0 Å². The molecule has 2 fully saturated rings. The minimum absolute atomic E-state index is 0.0399. The highest BCUT2D eigenvalue weighted by molar-refractivity contribution is 7.15. The van der Waals surface area contributed by atoms with Crippen molar-refractivity contribution in [1.82, 2.24) is 20.0 Å². The molecule has 2 aliphatic heterocycles. The normalized spacial score (nSPS) is 19.0. The Morgan fingerprint density at radius 3 is 2.44 bits per heavy atom. The number of fused-ring (bicyclic) bond motifs is 1. The predicted molar refractivity (Wildman–Crippen MR) is 123 cm³/mol. The molecular formula is C22H24N6O5S. The highest BCUT2D eigenvalue weighted by Gasteiger charge is 2.39. The zero-order valence-electron chi connectivity index (χ0n) is 18.5. The number of carbonyl (C=O) groups excluding carboxylic acids is 3. The van der Waals surface area contributed by atoms with Gasteiger partial charge in [0.05, 0.1) is 16.1 Å². The number of benzene rings is 1. The van der Waals surface area contributed by atoms with Crippen LogP contribution in [0, 0.1) is 10.1 Å². The SMILES string of the molecule is O=C(CN1C(=O)c2ccc([N+](=O)[O-])cc2C1=O)N1CCN(c2nnc(C3CCCCC3)s2)CC1. The Bertz CT molecular complexity index is 1150. The van der Waals surface area contributed by atoms with Crippen LogP contribution in [0.4, 0.5) is 10.8 Å². The summed E-state index contributed by atoms with van der Waals surface area (Å²) in [6.07, 6.45) is 6.11. The van der Waals surface area contributed by atoms with Crippen molar-refractivity contribution in [3.8, 4) is 0 Å². The van der Waals surface area contributed by atoms with Gasteiger partial charge in [0, 0.05) is 44.2 Å². The van der Waals surface area contributed by atoms with Crippen LogP contribution < -0.4 is 4.90 Å². The first-order valence-electron chi connectivity index (χ1n) is 11.4. The van der Waals surface area contributed by atoms with Gasteiger partial charge < -0.3 is 9.80 Å². The van der Waals surface area contributed by atoms with E-state index in [1.54, 1.807) is 16.2 Å². The molecule has 1 saturated carbocycles. The minimum atomic E-state index is -0.681. The maximum absolute atomic E-state index is 12.9. The van der Waals surface area contributed by atoms with Crippen LogP contribution in [0.15, 0.2) is 18.2 Å². The van der Waals surface area contributed by atoms with E-state index in [9.17, 15) is 24.5 Å². The monoisotopic (exact) mass is 484 g/mol. The van der Waals surface area contributed by atoms with Crippen LogP contribution in [0.1, 0.15) is 63.7 Å². The summed E-state index contributed by atoms with van der Waals surface area (Å²) < 4.78 is 0. The molecule has 3 amide bonds. The number of anilines is 1. The Labute approximate surface area is 199 Å². The standard InChI is InChI=1S/C22H24N6O5S/c29-18(13-27-20(30)16-7-6-15(28(32)33)12-17(16)21(27)31)25-8-10-26(11-9-25)22-24-23-19(34-22)14-4-2-1-3-5-14/h6-7,12,14H,1-5,8-11,13H2. The van der Waals surface area contributed by atoms with Gasteiger partial charge in [-0.15, -0.1) is 10.2 Å². The molecule has 178 valence electrons. The van der Waals surface area contributed by atoms with Crippen molar-refractivity contribution in [1.29, 1.82) is 0 Å². The van der Waals surface area contributed by atoms with Gasteiger partial charge in [0.15, 0.2) is 0 Å². The maximum atomic E-state index is 12.9. The number of amides is 3. The Balaban J connectivity index is 1.18. The van der Waals surface area contributed by atoms with E-state index in [0.29, 0.717) is 32.1 Å². The topological polar surface area (TPSA) is 130 Å². The summed E-state index contributed by atoms with van der Waals surface area (Å²) in [6, 6.07) is 3.53. The average molecular weight is 485 g/mol. The molecule has 1 saturated heterocycles. The van der Waals surface area contributed by atoms with Crippen molar-refractivity contribution in [2.75, 3.05) is 37.6 Å². The molecule has 3 aliphatic rings. The number of non-ortho nitro benzene ring substituents is 1. The van der Waals surface area contributed by atoms with Crippen LogP contribution in [0.3, 0.4) is 0 Å². The Hall–Kier alpha value is -3.41. The molecule has 0 bridgehead atoms. The summed E-state index contributed by atoms with van der Waals surface area (Å²) in [7, 11) is 0. The largest absolute Gasteiger partial charge is 0.343 e. The lowest BCUT2D eigenvalue weighted by molar-refractivity contribution is -0.384. The zero-order chi connectivity index (χ0) is 23.8. The van der Waals surface area contributed by atoms with Gasteiger partial charge in [0.25, 0.3) is 17.5 Å². The van der Waals surface area contributed by atoms with Crippen molar-refractivity contribution in [3.05, 3.63) is 44.4 Å². The summed E-state index contributed by atoms with van der Waals surface area (Å²) in [4.78, 5) is 53.1. The molecule has 12 heteroatoms. The lowest BCUT2D eigenvalue weighted by atomic mass is 9.90. The van der Waals surface area contributed by atoms with Gasteiger partial charge in [-0.1, -0.05) is 30.6 Å². The lowest BCUT2D eigenvalue weighted by Gasteiger charge is -2.34. The third-order valence-corrected chi connectivity index (χ3v) is 7.89. The van der Waals surface area contributed by atoms with Gasteiger partial charge in [-0.3, -0.25) is 29.4 Å². The lowest BCUT2D eigenvalue weighted by Crippen LogP contribution is -2.51. The molecule has 34 heavy (non-hydrogen) atoms. The fraction of sp³-hybridized carbons (Fsp3) is 0.500. The Morgan fingerprint density at radius 2 is 1.74 bits per heavy atom. The van der Waals surface area contributed by atoms with Crippen molar-refractivity contribution in [2.24, 2.45) is 0 Å². The second-order valence-corrected chi connectivity index (χ2v) is 9.80. The van der Waals surface area contributed by atoms with E-state index in [0.717, 1.165) is 21.1 Å². The molecular weight excluding hydrogens is 460 g/mol. The summed E-state index contributed by atoms with van der Waals surface area (Å²) in [6.45, 7) is 1.71. The molecule has 11 nitrogen and oxygen atoms in total. The molecule has 0 unspecified atom stereocenters. The van der Waals surface area contributed by atoms with Crippen LogP contribution >= 0.6 is 11.3 Å². The summed E-state index contributed by atoms with van der Waals surface area (Å²) in [5.74, 6) is -1.11. The van der Waals surface area contributed by atoms with Gasteiger partial charge >= 0.3 is 0 Å². The molecule has 0 N–H and O–H groups in total. The van der Waals surface area contributed by atoms with Crippen LogP contribution in [-0.2, 0) is 4.79 Å². The smallest absolute Gasteiger partial charge is 0.270 e. The average Bonchev–Trinajstić information content (AvgIpc) is 3.44. The number of aromatic nitrogens is 2. The molecule has 0 atom stereocenters. The molecule has 1 aromatic heterocycles. The van der Waals surface area contributed by atoms with Crippen molar-refractivity contribution >= 4 is 39.9 Å². The number of piperazine rings is 1. The molecule has 1 aromatic carbocycles. The van der Waals surface area contributed by atoms with E-state index in [1.807, 2.05) is 0 Å². The highest BCUT2D eigenvalue weighted by Crippen LogP contribution is 2.36. The fourth-order valence-corrected chi connectivity index (χ4v) is 5.85. The summed E-state index contributed by atoms with van der Waals surface area (Å²) in [5.41, 5.74) is -0.229. The third kappa shape index (κ3) is 4.13. The van der Waals surface area contributed by atoms with Gasteiger partial charge in [-0.2, -0.15) is 0 Å². The van der Waals surface area contributed by atoms with Gasteiger partial charge in [-0.25, -0.2) is 0 Å². The van der Waals surface area contributed by atoms with Crippen molar-refractivity contribution in [2.45, 2.75) is 38.0 Å². The number of hydrogen-bond donors (Lipinski definition) is 0. The van der Waals surface area contributed by atoms with Crippen LogP contribution in [0.2, 0.25) is 0 Å². The van der Waals surface area contributed by atoms with Gasteiger partial charge in [-0.05, 0) is 18.9 Å². The van der Waals surface area contributed by atoms with Gasteiger partial charge in [0.1, 0.15) is 11.6 Å². The first-order chi connectivity index (χ1) is 16.4. The fourth-order valence-electron chi connectivity index (χ4n) is 4.79.